The highest BCUT2D eigenvalue weighted by atomic mass is 19.1. The standard InChI is InChI=1S/C19H29FN2O3/c1-15(2)18-14-21(9-11-25-12-10-23)8-7-19(24)22(18)13-16-3-5-17(20)6-4-16/h3-6,15,18,23H,7-14H2,1-2H3/t18-/m1/s1. The fourth-order valence-corrected chi connectivity index (χ4v) is 3.16. The van der Waals surface area contributed by atoms with Gasteiger partial charge in [0.2, 0.25) is 5.91 Å². The maximum Gasteiger partial charge on any atom is 0.224 e. The first-order valence-corrected chi connectivity index (χ1v) is 8.96. The molecule has 1 heterocycles. The van der Waals surface area contributed by atoms with Crippen LogP contribution in [0.4, 0.5) is 4.39 Å². The van der Waals surface area contributed by atoms with E-state index in [-0.39, 0.29) is 24.4 Å². The summed E-state index contributed by atoms with van der Waals surface area (Å²) in [5.41, 5.74) is 0.945. The molecule has 5 nitrogen and oxygen atoms in total. The van der Waals surface area contributed by atoms with Crippen molar-refractivity contribution in [3.05, 3.63) is 35.6 Å². The fourth-order valence-electron chi connectivity index (χ4n) is 3.16. The molecule has 1 atom stereocenters. The van der Waals surface area contributed by atoms with Gasteiger partial charge in [-0.2, -0.15) is 0 Å². The van der Waals surface area contributed by atoms with Gasteiger partial charge in [-0.15, -0.1) is 0 Å². The van der Waals surface area contributed by atoms with E-state index in [1.807, 2.05) is 4.90 Å². The highest BCUT2D eigenvalue weighted by Crippen LogP contribution is 2.21. The maximum atomic E-state index is 13.1. The molecule has 1 aromatic rings. The molecule has 1 N–H and O–H groups in total. The number of benzene rings is 1. The Kier molecular flexibility index (Phi) is 7.81. The molecule has 6 heteroatoms. The molecule has 1 amide bonds. The highest BCUT2D eigenvalue weighted by molar-refractivity contribution is 5.77. The second-order valence-electron chi connectivity index (χ2n) is 6.85. The molecule has 1 aliphatic heterocycles. The smallest absolute Gasteiger partial charge is 0.224 e. The summed E-state index contributed by atoms with van der Waals surface area (Å²) in [5, 5.41) is 8.78. The minimum atomic E-state index is -0.264. The van der Waals surface area contributed by atoms with Crippen LogP contribution in [0.3, 0.4) is 0 Å². The van der Waals surface area contributed by atoms with Crippen LogP contribution >= 0.6 is 0 Å². The summed E-state index contributed by atoms with van der Waals surface area (Å²) in [5.74, 6) is 0.200. The highest BCUT2D eigenvalue weighted by Gasteiger charge is 2.31. The quantitative estimate of drug-likeness (QED) is 0.726. The van der Waals surface area contributed by atoms with E-state index in [1.165, 1.54) is 12.1 Å². The van der Waals surface area contributed by atoms with Crippen LogP contribution in [0.5, 0.6) is 0 Å². The predicted octanol–water partition coefficient (Wildman–Crippen LogP) is 1.89. The van der Waals surface area contributed by atoms with Gasteiger partial charge in [-0.3, -0.25) is 9.69 Å². The Hall–Kier alpha value is -1.50. The van der Waals surface area contributed by atoms with Crippen LogP contribution in [0.2, 0.25) is 0 Å². The van der Waals surface area contributed by atoms with Crippen molar-refractivity contribution in [3.63, 3.8) is 0 Å². The molecule has 2 rings (SSSR count). The third kappa shape index (κ3) is 6.06. The molecule has 0 radical (unpaired) electrons. The van der Waals surface area contributed by atoms with E-state index < -0.39 is 0 Å². The van der Waals surface area contributed by atoms with Crippen molar-refractivity contribution in [2.45, 2.75) is 32.9 Å². The van der Waals surface area contributed by atoms with Crippen molar-refractivity contribution < 1.29 is 19.0 Å². The summed E-state index contributed by atoms with van der Waals surface area (Å²) in [6.45, 7) is 7.95. The fraction of sp³-hybridized carbons (Fsp3) is 0.632. The number of carbonyl (C=O) groups is 1. The summed E-state index contributed by atoms with van der Waals surface area (Å²) in [6, 6.07) is 6.47. The SMILES string of the molecule is CC(C)[C@H]1CN(CCOCCO)CCC(=O)N1Cc1ccc(F)cc1. The molecule has 140 valence electrons. The van der Waals surface area contributed by atoms with Gasteiger partial charge in [0.1, 0.15) is 5.82 Å². The van der Waals surface area contributed by atoms with Crippen LogP contribution in [-0.4, -0.2) is 66.3 Å². The molecule has 0 bridgehead atoms. The summed E-state index contributed by atoms with van der Waals surface area (Å²) in [4.78, 5) is 16.9. The molecule has 25 heavy (non-hydrogen) atoms. The third-order valence-corrected chi connectivity index (χ3v) is 4.63. The van der Waals surface area contributed by atoms with E-state index in [0.29, 0.717) is 38.6 Å². The zero-order valence-electron chi connectivity index (χ0n) is 15.2. The predicted molar refractivity (Wildman–Crippen MR) is 94.5 cm³/mol. The van der Waals surface area contributed by atoms with Gasteiger partial charge in [0, 0.05) is 38.6 Å². The normalized spacial score (nSPS) is 19.5. The molecule has 0 spiro atoms. The van der Waals surface area contributed by atoms with Crippen molar-refractivity contribution in [2.24, 2.45) is 5.92 Å². The number of aliphatic hydroxyl groups is 1. The maximum absolute atomic E-state index is 13.1. The van der Waals surface area contributed by atoms with Crippen molar-refractivity contribution in [2.75, 3.05) is 39.5 Å². The first-order valence-electron chi connectivity index (χ1n) is 8.96. The van der Waals surface area contributed by atoms with Crippen molar-refractivity contribution >= 4 is 5.91 Å². The molecule has 0 unspecified atom stereocenters. The Labute approximate surface area is 149 Å². The summed E-state index contributed by atoms with van der Waals surface area (Å²) < 4.78 is 18.5. The van der Waals surface area contributed by atoms with E-state index >= 15 is 0 Å². The molecule has 0 aliphatic carbocycles. The molecule has 0 aromatic heterocycles. The monoisotopic (exact) mass is 352 g/mol. The summed E-state index contributed by atoms with van der Waals surface area (Å²) in [7, 11) is 0. The number of aliphatic hydroxyl groups excluding tert-OH is 1. The van der Waals surface area contributed by atoms with Gasteiger partial charge in [-0.25, -0.2) is 4.39 Å². The minimum Gasteiger partial charge on any atom is -0.394 e. The van der Waals surface area contributed by atoms with Gasteiger partial charge >= 0.3 is 0 Å². The van der Waals surface area contributed by atoms with Crippen LogP contribution in [0, 0.1) is 11.7 Å². The summed E-state index contributed by atoms with van der Waals surface area (Å²) in [6.07, 6.45) is 0.477. The lowest BCUT2D eigenvalue weighted by atomic mass is 10.0. The number of amides is 1. The van der Waals surface area contributed by atoms with Crippen molar-refractivity contribution in [1.29, 1.82) is 0 Å². The van der Waals surface area contributed by atoms with E-state index in [9.17, 15) is 9.18 Å². The number of ether oxygens (including phenoxy) is 1. The Morgan fingerprint density at radius 2 is 2.00 bits per heavy atom. The Morgan fingerprint density at radius 1 is 1.28 bits per heavy atom. The van der Waals surface area contributed by atoms with Crippen LogP contribution in [0.1, 0.15) is 25.8 Å². The zero-order valence-corrected chi connectivity index (χ0v) is 15.2. The number of hydrogen-bond donors (Lipinski definition) is 1. The van der Waals surface area contributed by atoms with Crippen LogP contribution in [0.25, 0.3) is 0 Å². The largest absolute Gasteiger partial charge is 0.394 e. The Bertz CT molecular complexity index is 536. The van der Waals surface area contributed by atoms with E-state index in [1.54, 1.807) is 12.1 Å². The van der Waals surface area contributed by atoms with Gasteiger partial charge in [0.25, 0.3) is 0 Å². The van der Waals surface area contributed by atoms with Gasteiger partial charge in [0.15, 0.2) is 0 Å². The van der Waals surface area contributed by atoms with Crippen LogP contribution in [-0.2, 0) is 16.1 Å². The van der Waals surface area contributed by atoms with Gasteiger partial charge < -0.3 is 14.7 Å². The number of rotatable bonds is 8. The molecule has 1 fully saturated rings. The number of halogens is 1. The lowest BCUT2D eigenvalue weighted by Gasteiger charge is -2.35. The molecule has 1 aromatic carbocycles. The first kappa shape index (κ1) is 19.8. The molecular formula is C19H29FN2O3. The lowest BCUT2D eigenvalue weighted by Crippen LogP contribution is -2.46. The second-order valence-corrected chi connectivity index (χ2v) is 6.85. The van der Waals surface area contributed by atoms with Gasteiger partial charge in [0.05, 0.1) is 19.8 Å². The Balaban J connectivity index is 2.04. The summed E-state index contributed by atoms with van der Waals surface area (Å²) >= 11 is 0. The van der Waals surface area contributed by atoms with E-state index in [0.717, 1.165) is 18.7 Å². The van der Waals surface area contributed by atoms with Gasteiger partial charge in [-0.05, 0) is 23.6 Å². The number of hydrogen-bond acceptors (Lipinski definition) is 4. The molecule has 1 aliphatic rings. The third-order valence-electron chi connectivity index (χ3n) is 4.63. The van der Waals surface area contributed by atoms with Crippen LogP contribution < -0.4 is 0 Å². The lowest BCUT2D eigenvalue weighted by molar-refractivity contribution is -0.134. The molecule has 0 saturated carbocycles. The molecular weight excluding hydrogens is 323 g/mol. The van der Waals surface area contributed by atoms with Gasteiger partial charge in [-0.1, -0.05) is 26.0 Å². The zero-order chi connectivity index (χ0) is 18.2. The first-order chi connectivity index (χ1) is 12.0. The topological polar surface area (TPSA) is 53.0 Å². The average molecular weight is 352 g/mol. The van der Waals surface area contributed by atoms with Crippen molar-refractivity contribution in [1.82, 2.24) is 9.80 Å². The van der Waals surface area contributed by atoms with E-state index in [2.05, 4.69) is 18.7 Å². The Morgan fingerprint density at radius 3 is 2.64 bits per heavy atom. The van der Waals surface area contributed by atoms with E-state index in [4.69, 9.17) is 9.84 Å². The van der Waals surface area contributed by atoms with Crippen LogP contribution in [0.15, 0.2) is 24.3 Å². The number of carbonyl (C=O) groups excluding carboxylic acids is 1. The minimum absolute atomic E-state index is 0.0263. The molecule has 1 saturated heterocycles. The second kappa shape index (κ2) is 9.85. The average Bonchev–Trinajstić information content (AvgIpc) is 2.74. The number of nitrogens with zero attached hydrogens (tertiary/aromatic N) is 2. The van der Waals surface area contributed by atoms with Crippen molar-refractivity contribution in [3.8, 4) is 0 Å².